The van der Waals surface area contributed by atoms with Crippen LogP contribution in [0.5, 0.6) is 5.75 Å². The molecule has 2 aromatic rings. The molecule has 0 fully saturated rings. The first-order valence-electron chi connectivity index (χ1n) is 11.1. The minimum absolute atomic E-state index is 0.103. The van der Waals surface area contributed by atoms with Crippen LogP contribution in [0.4, 0.5) is 0 Å². The van der Waals surface area contributed by atoms with Crippen molar-refractivity contribution in [2.75, 3.05) is 6.61 Å². The molecule has 0 aliphatic heterocycles. The lowest BCUT2D eigenvalue weighted by Gasteiger charge is -2.10. The molecule has 0 unspecified atom stereocenters. The average molecular weight is 500 g/mol. The number of rotatable bonds is 13. The molecule has 0 radical (unpaired) electrons. The van der Waals surface area contributed by atoms with Crippen LogP contribution < -0.4 is 4.74 Å². The van der Waals surface area contributed by atoms with Gasteiger partial charge in [0.25, 0.3) is 0 Å². The van der Waals surface area contributed by atoms with Gasteiger partial charge >= 0.3 is 11.9 Å². The van der Waals surface area contributed by atoms with Gasteiger partial charge in [-0.2, -0.15) is 0 Å². The third kappa shape index (κ3) is 8.65. The van der Waals surface area contributed by atoms with Gasteiger partial charge in [-0.15, -0.1) is 0 Å². The van der Waals surface area contributed by atoms with Gasteiger partial charge in [0.15, 0.2) is 0 Å². The van der Waals surface area contributed by atoms with Crippen LogP contribution in [-0.2, 0) is 4.74 Å². The Kier molecular flexibility index (Phi) is 11.9. The van der Waals surface area contributed by atoms with Crippen molar-refractivity contribution in [3.63, 3.8) is 0 Å². The maximum absolute atomic E-state index is 12.6. The molecule has 2 rings (SSSR count). The summed E-state index contributed by atoms with van der Waals surface area (Å²) in [6, 6.07) is 9.14. The summed E-state index contributed by atoms with van der Waals surface area (Å²) in [5.41, 5.74) is 0.256. The summed E-state index contributed by atoms with van der Waals surface area (Å²) in [5.74, 6) is -1.13. The zero-order chi connectivity index (χ0) is 23.3. The van der Waals surface area contributed by atoms with Crippen LogP contribution in [0.3, 0.4) is 0 Å². The molecule has 174 valence electrons. The Bertz CT molecular complexity index is 876. The number of hydrogen-bond donors (Lipinski definition) is 0. The van der Waals surface area contributed by atoms with E-state index in [0.29, 0.717) is 6.61 Å². The van der Waals surface area contributed by atoms with E-state index in [1.54, 1.807) is 12.1 Å². The van der Waals surface area contributed by atoms with Crippen molar-refractivity contribution in [1.82, 2.24) is 0 Å². The summed E-state index contributed by atoms with van der Waals surface area (Å²) in [4.78, 5) is 25.2. The van der Waals surface area contributed by atoms with Crippen molar-refractivity contribution in [3.8, 4) is 5.75 Å². The number of benzene rings is 2. The van der Waals surface area contributed by atoms with Crippen LogP contribution in [-0.4, -0.2) is 18.5 Å². The van der Waals surface area contributed by atoms with Crippen molar-refractivity contribution >= 4 is 46.7 Å². The van der Waals surface area contributed by atoms with E-state index in [-0.39, 0.29) is 31.9 Å². The standard InChI is InChI=1S/C25H29Cl3O4/c1-2-3-4-5-6-7-8-9-12-15-31-24(29)19-13-10-11-14-20(19)25(30)32-18-16-21(26)23(28)22(27)17-18/h10-11,13-14,16-17H,2-9,12,15H2,1H3. The van der Waals surface area contributed by atoms with Gasteiger partial charge < -0.3 is 9.47 Å². The van der Waals surface area contributed by atoms with E-state index < -0.39 is 11.9 Å². The Morgan fingerprint density at radius 3 is 1.81 bits per heavy atom. The lowest BCUT2D eigenvalue weighted by Crippen LogP contribution is -2.16. The number of carbonyl (C=O) groups is 2. The van der Waals surface area contributed by atoms with E-state index in [1.165, 1.54) is 62.8 Å². The van der Waals surface area contributed by atoms with E-state index in [1.807, 2.05) is 0 Å². The second kappa shape index (κ2) is 14.4. The summed E-state index contributed by atoms with van der Waals surface area (Å²) in [7, 11) is 0. The van der Waals surface area contributed by atoms with Gasteiger partial charge in [0, 0.05) is 12.1 Å². The lowest BCUT2D eigenvalue weighted by molar-refractivity contribution is 0.0489. The number of esters is 2. The number of unbranched alkanes of at least 4 members (excludes halogenated alkanes) is 8. The summed E-state index contributed by atoms with van der Waals surface area (Å²) < 4.78 is 10.7. The predicted molar refractivity (Wildman–Crippen MR) is 130 cm³/mol. The maximum atomic E-state index is 12.6. The molecule has 0 aliphatic carbocycles. The molecule has 4 nitrogen and oxygen atoms in total. The van der Waals surface area contributed by atoms with Crippen LogP contribution >= 0.6 is 34.8 Å². The molecule has 0 saturated heterocycles. The first kappa shape index (κ1) is 26.5. The highest BCUT2D eigenvalue weighted by molar-refractivity contribution is 6.48. The highest BCUT2D eigenvalue weighted by Gasteiger charge is 2.20. The highest BCUT2D eigenvalue weighted by atomic mass is 35.5. The smallest absolute Gasteiger partial charge is 0.344 e. The summed E-state index contributed by atoms with van der Waals surface area (Å²) >= 11 is 17.9. The molecule has 2 aromatic carbocycles. The van der Waals surface area contributed by atoms with Crippen molar-refractivity contribution < 1.29 is 19.1 Å². The Morgan fingerprint density at radius 1 is 0.750 bits per heavy atom. The predicted octanol–water partition coefficient (Wildman–Crippen LogP) is 8.55. The zero-order valence-corrected chi connectivity index (χ0v) is 20.6. The van der Waals surface area contributed by atoms with Gasteiger partial charge in [0.05, 0.1) is 32.8 Å². The Balaban J connectivity index is 1.83. The van der Waals surface area contributed by atoms with Crippen molar-refractivity contribution in [1.29, 1.82) is 0 Å². The Labute approximate surface area is 205 Å². The third-order valence-electron chi connectivity index (χ3n) is 5.02. The monoisotopic (exact) mass is 498 g/mol. The van der Waals surface area contributed by atoms with Crippen LogP contribution in [0.1, 0.15) is 85.4 Å². The topological polar surface area (TPSA) is 52.6 Å². The maximum Gasteiger partial charge on any atom is 0.344 e. The van der Waals surface area contributed by atoms with Crippen molar-refractivity contribution in [3.05, 3.63) is 62.6 Å². The van der Waals surface area contributed by atoms with E-state index in [4.69, 9.17) is 44.3 Å². The van der Waals surface area contributed by atoms with Gasteiger partial charge in [-0.3, -0.25) is 0 Å². The molecule has 0 spiro atoms. The molecule has 0 atom stereocenters. The number of halogens is 3. The lowest BCUT2D eigenvalue weighted by atomic mass is 10.1. The fraction of sp³-hybridized carbons (Fsp3) is 0.440. The van der Waals surface area contributed by atoms with E-state index in [9.17, 15) is 9.59 Å². The molecule has 0 N–H and O–H groups in total. The molecular formula is C25H29Cl3O4. The Hall–Kier alpha value is -1.75. The second-order valence-corrected chi connectivity index (χ2v) is 8.79. The SMILES string of the molecule is CCCCCCCCCCCOC(=O)c1ccccc1C(=O)Oc1cc(Cl)c(Cl)c(Cl)c1. The first-order valence-corrected chi connectivity index (χ1v) is 12.2. The van der Waals surface area contributed by atoms with Crippen LogP contribution in [0.15, 0.2) is 36.4 Å². The number of carbonyl (C=O) groups excluding carboxylic acids is 2. The average Bonchev–Trinajstić information content (AvgIpc) is 2.78. The van der Waals surface area contributed by atoms with Gasteiger partial charge in [0.1, 0.15) is 5.75 Å². The fourth-order valence-corrected chi connectivity index (χ4v) is 3.82. The summed E-state index contributed by atoms with van der Waals surface area (Å²) in [5, 5.41) is 0.500. The molecule has 0 aromatic heterocycles. The molecule has 0 bridgehead atoms. The largest absolute Gasteiger partial charge is 0.462 e. The number of hydrogen-bond acceptors (Lipinski definition) is 4. The molecule has 32 heavy (non-hydrogen) atoms. The third-order valence-corrected chi connectivity index (χ3v) is 6.21. The normalized spacial score (nSPS) is 10.8. The molecule has 0 heterocycles. The van der Waals surface area contributed by atoms with E-state index in [0.717, 1.165) is 19.3 Å². The minimum Gasteiger partial charge on any atom is -0.462 e. The molecule has 7 heteroatoms. The van der Waals surface area contributed by atoms with Gasteiger partial charge in [-0.25, -0.2) is 9.59 Å². The Morgan fingerprint density at radius 2 is 1.25 bits per heavy atom. The molecule has 0 amide bonds. The fourth-order valence-electron chi connectivity index (χ4n) is 3.25. The summed E-state index contributed by atoms with van der Waals surface area (Å²) in [6.07, 6.45) is 10.6. The van der Waals surface area contributed by atoms with E-state index >= 15 is 0 Å². The van der Waals surface area contributed by atoms with Gasteiger partial charge in [-0.1, -0.05) is 105 Å². The zero-order valence-electron chi connectivity index (χ0n) is 18.3. The molecule has 0 saturated carbocycles. The highest BCUT2D eigenvalue weighted by Crippen LogP contribution is 2.34. The van der Waals surface area contributed by atoms with E-state index in [2.05, 4.69) is 6.92 Å². The van der Waals surface area contributed by atoms with Gasteiger partial charge in [0.2, 0.25) is 0 Å². The molecule has 0 aliphatic rings. The second-order valence-electron chi connectivity index (χ2n) is 7.60. The van der Waals surface area contributed by atoms with Gasteiger partial charge in [-0.05, 0) is 18.6 Å². The van der Waals surface area contributed by atoms with Crippen molar-refractivity contribution in [2.45, 2.75) is 64.7 Å². The quantitative estimate of drug-likeness (QED) is 0.120. The summed E-state index contributed by atoms with van der Waals surface area (Å²) in [6.45, 7) is 2.54. The number of ether oxygens (including phenoxy) is 2. The molecular weight excluding hydrogens is 471 g/mol. The first-order chi connectivity index (χ1) is 15.4. The van der Waals surface area contributed by atoms with Crippen molar-refractivity contribution in [2.24, 2.45) is 0 Å². The van der Waals surface area contributed by atoms with Crippen LogP contribution in [0.25, 0.3) is 0 Å². The minimum atomic E-state index is -0.713. The van der Waals surface area contributed by atoms with Crippen LogP contribution in [0, 0.1) is 0 Å². The van der Waals surface area contributed by atoms with Crippen LogP contribution in [0.2, 0.25) is 15.1 Å².